The highest BCUT2D eigenvalue weighted by Gasteiger charge is 2.46. The number of carbonyl (C=O) groups excluding carboxylic acids is 1. The highest BCUT2D eigenvalue weighted by Crippen LogP contribution is 2.46. The van der Waals surface area contributed by atoms with Gasteiger partial charge >= 0.3 is 19.4 Å². The monoisotopic (exact) mass is 593 g/mol. The second kappa shape index (κ2) is 13.5. The molecule has 0 bridgehead atoms. The van der Waals surface area contributed by atoms with Crippen LogP contribution in [-0.2, 0) is 23.4 Å². The van der Waals surface area contributed by atoms with Gasteiger partial charge in [-0.2, -0.15) is 5.09 Å². The third-order valence-corrected chi connectivity index (χ3v) is 8.50. The van der Waals surface area contributed by atoms with Crippen molar-refractivity contribution in [2.24, 2.45) is 11.8 Å². The van der Waals surface area contributed by atoms with E-state index < -0.39 is 68.6 Å². The molecule has 2 aromatic rings. The molecule has 1 saturated heterocycles. The summed E-state index contributed by atoms with van der Waals surface area (Å²) in [5.41, 5.74) is -0.569. The number of benzene rings is 1. The maximum Gasteiger partial charge on any atom is 0.459 e. The van der Waals surface area contributed by atoms with Gasteiger partial charge in [0.2, 0.25) is 0 Å². The molecule has 2 heterocycles. The third kappa shape index (κ3) is 7.69. The Hall–Kier alpha value is -3.35. The summed E-state index contributed by atoms with van der Waals surface area (Å²) in [5.74, 6) is -1.47. The number of aliphatic hydroxyl groups is 1. The normalized spacial score (nSPS) is 26.1. The standard InChI is InChI=1S/C27H33FN3O9P/c1-17-8-6-7-9-19(17)15-37-26(34)18(2)30-41(36,40-20-10-4-3-5-11-20)38-16-22-21(14-28)24(33)25(39-22)31-13-12-23(32)29-27(31)35/h3-7,9-13,17-18,21-22,24-25,33H,8,14-16H2,1-2H3,(H,30,36)(H,29,32,35)/t17?,18-,21+,22+,24+,25+,41?/m0/s1. The molecule has 7 atom stereocenters. The summed E-state index contributed by atoms with van der Waals surface area (Å²) in [7, 11) is -4.31. The number of H-pyrrole nitrogens is 1. The van der Waals surface area contributed by atoms with Crippen LogP contribution in [0.5, 0.6) is 5.75 Å². The summed E-state index contributed by atoms with van der Waals surface area (Å²) >= 11 is 0. The van der Waals surface area contributed by atoms with Gasteiger partial charge in [0.15, 0.2) is 6.23 Å². The molecule has 1 aromatic carbocycles. The number of para-hydroxylation sites is 1. The Morgan fingerprint density at radius 2 is 2.05 bits per heavy atom. The van der Waals surface area contributed by atoms with Gasteiger partial charge in [-0.3, -0.25) is 28.1 Å². The average molecular weight is 594 g/mol. The smallest absolute Gasteiger partial charge is 0.459 e. The molecule has 41 heavy (non-hydrogen) atoms. The lowest BCUT2D eigenvalue weighted by atomic mass is 9.94. The number of aliphatic hydroxyl groups excluding tert-OH is 1. The number of carbonyl (C=O) groups is 1. The van der Waals surface area contributed by atoms with Gasteiger partial charge in [-0.15, -0.1) is 0 Å². The molecule has 2 aliphatic rings. The molecule has 0 saturated carbocycles. The van der Waals surface area contributed by atoms with Crippen molar-refractivity contribution in [3.63, 3.8) is 0 Å². The predicted octanol–water partition coefficient (Wildman–Crippen LogP) is 2.63. The number of nitrogens with zero attached hydrogens (tertiary/aromatic N) is 1. The minimum Gasteiger partial charge on any atom is -0.460 e. The van der Waals surface area contributed by atoms with Gasteiger partial charge in [0.05, 0.1) is 19.4 Å². The third-order valence-electron chi connectivity index (χ3n) is 6.86. The van der Waals surface area contributed by atoms with E-state index in [4.69, 9.17) is 18.5 Å². The van der Waals surface area contributed by atoms with E-state index in [-0.39, 0.29) is 18.3 Å². The molecule has 2 unspecified atom stereocenters. The molecule has 0 amide bonds. The number of nitrogens with one attached hydrogen (secondary N) is 2. The van der Waals surface area contributed by atoms with E-state index in [1.54, 1.807) is 18.2 Å². The Balaban J connectivity index is 1.46. The zero-order valence-corrected chi connectivity index (χ0v) is 23.4. The van der Waals surface area contributed by atoms with E-state index in [1.807, 2.05) is 30.1 Å². The van der Waals surface area contributed by atoms with E-state index in [2.05, 4.69) is 5.09 Å². The summed E-state index contributed by atoms with van der Waals surface area (Å²) in [6.45, 7) is 1.94. The first kappa shape index (κ1) is 30.6. The van der Waals surface area contributed by atoms with Gasteiger partial charge in [0.1, 0.15) is 24.5 Å². The van der Waals surface area contributed by atoms with Crippen molar-refractivity contribution in [2.75, 3.05) is 19.9 Å². The lowest BCUT2D eigenvalue weighted by Gasteiger charge is -2.25. The number of aromatic amines is 1. The van der Waals surface area contributed by atoms with Crippen LogP contribution < -0.4 is 20.9 Å². The molecule has 1 aliphatic carbocycles. The molecule has 222 valence electrons. The predicted molar refractivity (Wildman–Crippen MR) is 146 cm³/mol. The minimum absolute atomic E-state index is 0.0680. The fraction of sp³-hybridized carbons (Fsp3) is 0.444. The average Bonchev–Trinajstić information content (AvgIpc) is 3.26. The second-order valence-electron chi connectivity index (χ2n) is 9.85. The minimum atomic E-state index is -4.31. The van der Waals surface area contributed by atoms with Crippen LogP contribution in [0.1, 0.15) is 26.5 Å². The van der Waals surface area contributed by atoms with E-state index in [0.717, 1.165) is 28.8 Å². The zero-order chi connectivity index (χ0) is 29.6. The molecule has 1 fully saturated rings. The first-order chi connectivity index (χ1) is 19.6. The summed E-state index contributed by atoms with van der Waals surface area (Å²) in [6.07, 6.45) is 3.77. The first-order valence-corrected chi connectivity index (χ1v) is 14.6. The van der Waals surface area contributed by atoms with E-state index in [0.29, 0.717) is 0 Å². The Labute approximate surface area is 235 Å². The number of rotatable bonds is 12. The summed E-state index contributed by atoms with van der Waals surface area (Å²) < 4.78 is 51.1. The van der Waals surface area contributed by atoms with Crippen LogP contribution in [0.2, 0.25) is 0 Å². The van der Waals surface area contributed by atoms with Gasteiger partial charge in [0, 0.05) is 18.2 Å². The second-order valence-corrected chi connectivity index (χ2v) is 11.5. The lowest BCUT2D eigenvalue weighted by molar-refractivity contribution is -0.144. The Morgan fingerprint density at radius 1 is 1.29 bits per heavy atom. The molecule has 3 N–H and O–H groups in total. The van der Waals surface area contributed by atoms with Crippen molar-refractivity contribution in [2.45, 2.75) is 44.7 Å². The van der Waals surface area contributed by atoms with Gasteiger partial charge in [-0.1, -0.05) is 43.4 Å². The molecule has 1 aromatic heterocycles. The molecule has 14 heteroatoms. The van der Waals surface area contributed by atoms with E-state index in [9.17, 15) is 28.4 Å². The number of esters is 1. The molecule has 12 nitrogen and oxygen atoms in total. The van der Waals surface area contributed by atoms with Crippen LogP contribution >= 0.6 is 7.75 Å². The van der Waals surface area contributed by atoms with Crippen LogP contribution in [0, 0.1) is 11.8 Å². The topological polar surface area (TPSA) is 158 Å². The molecule has 1 aliphatic heterocycles. The highest BCUT2D eigenvalue weighted by molar-refractivity contribution is 7.52. The van der Waals surface area contributed by atoms with Gasteiger partial charge < -0.3 is 19.1 Å². The molecule has 0 radical (unpaired) electrons. The van der Waals surface area contributed by atoms with Gasteiger partial charge in [-0.05, 0) is 37.0 Å². The molecule has 4 rings (SSSR count). The van der Waals surface area contributed by atoms with Crippen molar-refractivity contribution in [1.82, 2.24) is 14.6 Å². The van der Waals surface area contributed by atoms with Crippen molar-refractivity contribution in [1.29, 1.82) is 0 Å². The van der Waals surface area contributed by atoms with Crippen LogP contribution in [-0.4, -0.2) is 58.8 Å². The Morgan fingerprint density at radius 3 is 2.73 bits per heavy atom. The highest BCUT2D eigenvalue weighted by atomic mass is 31.2. The summed E-state index contributed by atoms with van der Waals surface area (Å²) in [6, 6.07) is 8.01. The quantitative estimate of drug-likeness (QED) is 0.247. The molecular formula is C27H33FN3O9P. The fourth-order valence-electron chi connectivity index (χ4n) is 4.43. The zero-order valence-electron chi connectivity index (χ0n) is 22.6. The number of hydrogen-bond acceptors (Lipinski definition) is 9. The summed E-state index contributed by atoms with van der Waals surface area (Å²) in [5, 5.41) is 13.2. The van der Waals surface area contributed by atoms with Gasteiger partial charge in [-0.25, -0.2) is 9.36 Å². The number of hydrogen-bond donors (Lipinski definition) is 3. The number of halogens is 1. The van der Waals surface area contributed by atoms with Crippen molar-refractivity contribution >= 4 is 13.7 Å². The van der Waals surface area contributed by atoms with E-state index >= 15 is 0 Å². The van der Waals surface area contributed by atoms with Gasteiger partial charge in [0.25, 0.3) is 5.56 Å². The Kier molecular flexibility index (Phi) is 10.1. The first-order valence-electron chi connectivity index (χ1n) is 13.1. The lowest BCUT2D eigenvalue weighted by Crippen LogP contribution is -2.37. The Bertz CT molecular complexity index is 1430. The van der Waals surface area contributed by atoms with Crippen molar-refractivity contribution in [3.8, 4) is 5.75 Å². The number of allylic oxidation sites excluding steroid dienone is 3. The van der Waals surface area contributed by atoms with Crippen LogP contribution in [0.15, 0.2) is 76.0 Å². The number of aromatic nitrogens is 2. The van der Waals surface area contributed by atoms with Crippen molar-refractivity contribution < 1.29 is 37.4 Å². The maximum absolute atomic E-state index is 14.0. The van der Waals surface area contributed by atoms with E-state index in [1.165, 1.54) is 19.1 Å². The summed E-state index contributed by atoms with van der Waals surface area (Å²) in [4.78, 5) is 38.4. The van der Waals surface area contributed by atoms with Crippen LogP contribution in [0.4, 0.5) is 4.39 Å². The SMILES string of the molecule is CC1CC=CC=C1COC(=O)[C@H](C)NP(=O)(OC[C@H]1O[C@@H](n2ccc(=O)[nH]c2=O)[C@H](O)[C@@H]1CF)Oc1ccccc1. The molecule has 0 spiro atoms. The number of ether oxygens (including phenoxy) is 2. The molecular weight excluding hydrogens is 560 g/mol. The fourth-order valence-corrected chi connectivity index (χ4v) is 5.94. The van der Waals surface area contributed by atoms with Crippen molar-refractivity contribution in [3.05, 3.63) is 87.2 Å². The van der Waals surface area contributed by atoms with Crippen LogP contribution in [0.3, 0.4) is 0 Å². The largest absolute Gasteiger partial charge is 0.460 e. The van der Waals surface area contributed by atoms with Crippen LogP contribution in [0.25, 0.3) is 0 Å². The number of alkyl halides is 1. The maximum atomic E-state index is 14.0.